The van der Waals surface area contributed by atoms with Gasteiger partial charge in [0.2, 0.25) is 0 Å². The van der Waals surface area contributed by atoms with Gasteiger partial charge in [0.05, 0.1) is 0 Å². The van der Waals surface area contributed by atoms with Gasteiger partial charge >= 0.3 is 0 Å². The van der Waals surface area contributed by atoms with Crippen LogP contribution in [0.4, 0.5) is 0 Å². The van der Waals surface area contributed by atoms with E-state index in [9.17, 15) is 0 Å². The highest BCUT2D eigenvalue weighted by Crippen LogP contribution is 2.21. The number of nitrogens with one attached hydrogen (secondary N) is 1. The smallest absolute Gasteiger partial charge is 0.160 e. The van der Waals surface area contributed by atoms with E-state index in [1.807, 2.05) is 30.1 Å². The Morgan fingerprint density at radius 2 is 2.42 bits per heavy atom. The Bertz CT molecular complexity index is 558. The number of nitrogens with zero attached hydrogens (tertiary/aromatic N) is 3. The maximum atomic E-state index is 4.78. The monoisotopic (exact) mass is 276 g/mol. The number of hydrogen-bond acceptors (Lipinski definition) is 4. The zero-order valence-corrected chi connectivity index (χ0v) is 12.3. The molecule has 0 radical (unpaired) electrons. The first-order valence-electron chi connectivity index (χ1n) is 6.88. The quantitative estimate of drug-likeness (QED) is 0.934. The Morgan fingerprint density at radius 3 is 3.16 bits per heavy atom. The normalized spacial score (nSPS) is 20.3. The van der Waals surface area contributed by atoms with E-state index in [0.29, 0.717) is 12.1 Å². The molecule has 4 nitrogen and oxygen atoms in total. The number of rotatable bonds is 3. The summed E-state index contributed by atoms with van der Waals surface area (Å²) in [6.45, 7) is 5.50. The maximum absolute atomic E-state index is 4.78. The summed E-state index contributed by atoms with van der Waals surface area (Å²) in [7, 11) is 0. The van der Waals surface area contributed by atoms with Crippen molar-refractivity contribution in [3.63, 3.8) is 0 Å². The Kier molecular flexibility index (Phi) is 3.75. The number of fused-ring (bicyclic) bond motifs is 1. The first-order valence-corrected chi connectivity index (χ1v) is 8.04. The van der Waals surface area contributed by atoms with Crippen molar-refractivity contribution in [3.05, 3.63) is 24.2 Å². The van der Waals surface area contributed by atoms with E-state index in [-0.39, 0.29) is 0 Å². The molecule has 0 saturated carbocycles. The number of aromatic nitrogens is 3. The molecule has 1 unspecified atom stereocenters. The molecule has 1 aliphatic rings. The van der Waals surface area contributed by atoms with Gasteiger partial charge in [-0.25, -0.2) is 9.97 Å². The van der Waals surface area contributed by atoms with Crippen LogP contribution in [-0.4, -0.2) is 38.6 Å². The minimum Gasteiger partial charge on any atom is -0.312 e. The van der Waals surface area contributed by atoms with Crippen molar-refractivity contribution in [2.24, 2.45) is 0 Å². The average molecular weight is 276 g/mol. The lowest BCUT2D eigenvalue weighted by Gasteiger charge is -2.23. The van der Waals surface area contributed by atoms with Gasteiger partial charge in [-0.2, -0.15) is 11.8 Å². The van der Waals surface area contributed by atoms with Crippen LogP contribution < -0.4 is 5.32 Å². The molecule has 1 fully saturated rings. The fraction of sp³-hybridized carbons (Fsp3) is 0.571. The predicted molar refractivity (Wildman–Crippen MR) is 80.7 cm³/mol. The molecule has 0 spiro atoms. The summed E-state index contributed by atoms with van der Waals surface area (Å²) in [6.07, 6.45) is 2.84. The van der Waals surface area contributed by atoms with Crippen LogP contribution in [0.5, 0.6) is 0 Å². The molecule has 19 heavy (non-hydrogen) atoms. The highest BCUT2D eigenvalue weighted by Gasteiger charge is 2.19. The van der Waals surface area contributed by atoms with Gasteiger partial charge in [0.25, 0.3) is 0 Å². The molecule has 3 heterocycles. The average Bonchev–Trinajstić information content (AvgIpc) is 2.77. The maximum Gasteiger partial charge on any atom is 0.160 e. The fourth-order valence-electron chi connectivity index (χ4n) is 2.63. The number of hydrogen-bond donors (Lipinski definition) is 1. The molecule has 2 aromatic heterocycles. The van der Waals surface area contributed by atoms with Crippen LogP contribution in [0.3, 0.4) is 0 Å². The Labute approximate surface area is 118 Å². The van der Waals surface area contributed by atoms with Gasteiger partial charge in [0, 0.05) is 42.8 Å². The van der Waals surface area contributed by atoms with E-state index in [2.05, 4.69) is 28.7 Å². The van der Waals surface area contributed by atoms with Crippen LogP contribution in [0.2, 0.25) is 0 Å². The van der Waals surface area contributed by atoms with Crippen LogP contribution in [0.25, 0.3) is 11.2 Å². The highest BCUT2D eigenvalue weighted by atomic mass is 32.2. The molecule has 1 N–H and O–H groups in total. The van der Waals surface area contributed by atoms with E-state index in [4.69, 9.17) is 4.98 Å². The van der Waals surface area contributed by atoms with Crippen LogP contribution in [0.15, 0.2) is 18.3 Å². The Hall–Kier alpha value is -1.07. The lowest BCUT2D eigenvalue weighted by atomic mass is 10.2. The van der Waals surface area contributed by atoms with Crippen LogP contribution >= 0.6 is 11.8 Å². The van der Waals surface area contributed by atoms with Gasteiger partial charge < -0.3 is 9.88 Å². The Balaban J connectivity index is 1.95. The van der Waals surface area contributed by atoms with Crippen molar-refractivity contribution in [3.8, 4) is 0 Å². The molecule has 1 aliphatic heterocycles. The molecule has 3 rings (SSSR count). The topological polar surface area (TPSA) is 42.7 Å². The summed E-state index contributed by atoms with van der Waals surface area (Å²) in [5.74, 6) is 3.55. The summed E-state index contributed by atoms with van der Waals surface area (Å²) >= 11 is 2.03. The van der Waals surface area contributed by atoms with Crippen molar-refractivity contribution in [2.45, 2.75) is 32.4 Å². The highest BCUT2D eigenvalue weighted by molar-refractivity contribution is 7.99. The molecular weight excluding hydrogens is 256 g/mol. The molecule has 1 saturated heterocycles. The van der Waals surface area contributed by atoms with Gasteiger partial charge in [-0.1, -0.05) is 0 Å². The molecule has 0 aliphatic carbocycles. The standard InChI is InChI=1S/C14H20N4S/c1-10(2)18-13(8-11-9-19-7-6-15-11)17-12-4-3-5-16-14(12)18/h3-5,10-11,15H,6-9H2,1-2H3. The predicted octanol–water partition coefficient (Wildman–Crippen LogP) is 2.26. The van der Waals surface area contributed by atoms with E-state index < -0.39 is 0 Å². The molecule has 0 amide bonds. The summed E-state index contributed by atoms with van der Waals surface area (Å²) in [4.78, 5) is 9.27. The van der Waals surface area contributed by atoms with E-state index in [1.165, 1.54) is 11.5 Å². The zero-order valence-electron chi connectivity index (χ0n) is 11.5. The van der Waals surface area contributed by atoms with Crippen molar-refractivity contribution in [1.82, 2.24) is 19.9 Å². The summed E-state index contributed by atoms with van der Waals surface area (Å²) in [5, 5.41) is 3.58. The second kappa shape index (κ2) is 5.51. The summed E-state index contributed by atoms with van der Waals surface area (Å²) in [5.41, 5.74) is 2.02. The van der Waals surface area contributed by atoms with Crippen LogP contribution in [0.1, 0.15) is 25.7 Å². The first-order chi connectivity index (χ1) is 9.25. The van der Waals surface area contributed by atoms with E-state index in [0.717, 1.165) is 30.0 Å². The van der Waals surface area contributed by atoms with Crippen molar-refractivity contribution in [1.29, 1.82) is 0 Å². The third-order valence-corrected chi connectivity index (χ3v) is 4.60. The minimum absolute atomic E-state index is 0.395. The molecule has 1 atom stereocenters. The van der Waals surface area contributed by atoms with Gasteiger partial charge in [-0.05, 0) is 26.0 Å². The first kappa shape index (κ1) is 12.9. The molecule has 2 aromatic rings. The molecule has 0 bridgehead atoms. The van der Waals surface area contributed by atoms with Crippen molar-refractivity contribution in [2.75, 3.05) is 18.1 Å². The Morgan fingerprint density at radius 1 is 1.53 bits per heavy atom. The van der Waals surface area contributed by atoms with Gasteiger partial charge in [0.1, 0.15) is 11.3 Å². The third-order valence-electron chi connectivity index (χ3n) is 3.47. The minimum atomic E-state index is 0.395. The SMILES string of the molecule is CC(C)n1c(CC2CSCCN2)nc2cccnc21. The van der Waals surface area contributed by atoms with Gasteiger partial charge in [-0.3, -0.25) is 0 Å². The number of imidazole rings is 1. The second-order valence-corrected chi connectivity index (χ2v) is 6.42. The molecule has 0 aromatic carbocycles. The van der Waals surface area contributed by atoms with E-state index in [1.54, 1.807) is 0 Å². The second-order valence-electron chi connectivity index (χ2n) is 5.27. The lowest BCUT2D eigenvalue weighted by molar-refractivity contribution is 0.513. The summed E-state index contributed by atoms with van der Waals surface area (Å²) < 4.78 is 2.27. The van der Waals surface area contributed by atoms with Crippen LogP contribution in [0, 0.1) is 0 Å². The largest absolute Gasteiger partial charge is 0.312 e. The fourth-order valence-corrected chi connectivity index (χ4v) is 3.58. The zero-order chi connectivity index (χ0) is 13.2. The van der Waals surface area contributed by atoms with Crippen LogP contribution in [-0.2, 0) is 6.42 Å². The third kappa shape index (κ3) is 2.62. The summed E-state index contributed by atoms with van der Waals surface area (Å²) in [6, 6.07) is 4.94. The molecule has 5 heteroatoms. The lowest BCUT2D eigenvalue weighted by Crippen LogP contribution is -2.39. The van der Waals surface area contributed by atoms with Crippen molar-refractivity contribution < 1.29 is 0 Å². The molecule has 102 valence electrons. The molecular formula is C14H20N4S. The van der Waals surface area contributed by atoms with Crippen molar-refractivity contribution >= 4 is 22.9 Å². The number of thioether (sulfide) groups is 1. The van der Waals surface area contributed by atoms with E-state index >= 15 is 0 Å². The van der Waals surface area contributed by atoms with Gasteiger partial charge in [-0.15, -0.1) is 0 Å². The van der Waals surface area contributed by atoms with Gasteiger partial charge in [0.15, 0.2) is 5.65 Å². The number of pyridine rings is 1.